The van der Waals surface area contributed by atoms with Crippen molar-refractivity contribution in [3.8, 4) is 23.0 Å². The molecule has 1 aromatic carbocycles. The van der Waals surface area contributed by atoms with Gasteiger partial charge in [0.25, 0.3) is 0 Å². The van der Waals surface area contributed by atoms with E-state index < -0.39 is 32.7 Å². The Hall–Kier alpha value is -3.98. The zero-order chi connectivity index (χ0) is 26.8. The van der Waals surface area contributed by atoms with Gasteiger partial charge in [0.2, 0.25) is 0 Å². The van der Waals surface area contributed by atoms with E-state index in [2.05, 4.69) is 16.2 Å². The molecule has 0 bridgehead atoms. The topological polar surface area (TPSA) is 110 Å². The minimum atomic E-state index is -4.67. The van der Waals surface area contributed by atoms with Gasteiger partial charge in [-0.2, -0.15) is 23.1 Å². The van der Waals surface area contributed by atoms with Crippen molar-refractivity contribution in [2.24, 2.45) is 5.92 Å². The summed E-state index contributed by atoms with van der Waals surface area (Å²) in [7, 11) is -3.92. The predicted molar refractivity (Wildman–Crippen MR) is 128 cm³/mol. The number of hydrogen-bond donors (Lipinski definition) is 0. The fourth-order valence-electron chi connectivity index (χ4n) is 4.43. The van der Waals surface area contributed by atoms with E-state index >= 15 is 0 Å². The van der Waals surface area contributed by atoms with Gasteiger partial charge >= 0.3 is 11.9 Å². The maximum Gasteiger partial charge on any atom is 0.417 e. The summed E-state index contributed by atoms with van der Waals surface area (Å²) in [6.45, 7) is 3.44. The molecule has 0 aliphatic heterocycles. The van der Waals surface area contributed by atoms with E-state index in [1.54, 1.807) is 12.1 Å². The van der Waals surface area contributed by atoms with E-state index in [1.165, 1.54) is 19.2 Å². The van der Waals surface area contributed by atoms with Crippen molar-refractivity contribution in [2.45, 2.75) is 36.8 Å². The molecule has 5 rings (SSSR count). The van der Waals surface area contributed by atoms with Crippen molar-refractivity contribution in [3.63, 3.8) is 0 Å². The van der Waals surface area contributed by atoms with Crippen LogP contribution in [0, 0.1) is 17.2 Å². The summed E-state index contributed by atoms with van der Waals surface area (Å²) in [6, 6.07) is 12.8. The first-order valence-corrected chi connectivity index (χ1v) is 13.0. The molecular formula is C25H20F3N5O3S. The second-order valence-corrected chi connectivity index (χ2v) is 11.3. The maximum absolute atomic E-state index is 13.1. The summed E-state index contributed by atoms with van der Waals surface area (Å²) in [5.74, 6) is -0.353. The molecule has 0 radical (unpaired) electrons. The van der Waals surface area contributed by atoms with Crippen LogP contribution in [0.15, 0.2) is 64.5 Å². The zero-order valence-corrected chi connectivity index (χ0v) is 20.5. The van der Waals surface area contributed by atoms with E-state index in [9.17, 15) is 31.6 Å². The van der Waals surface area contributed by atoms with Crippen LogP contribution in [0.2, 0.25) is 0 Å². The number of fused-ring (bicyclic) bond motifs is 1. The molecule has 0 saturated heterocycles. The highest BCUT2D eigenvalue weighted by atomic mass is 32.2. The lowest BCUT2D eigenvalue weighted by Gasteiger charge is -2.12. The van der Waals surface area contributed by atoms with Crippen molar-refractivity contribution in [3.05, 3.63) is 76.5 Å². The first-order valence-electron chi connectivity index (χ1n) is 11.4. The van der Waals surface area contributed by atoms with E-state index in [-0.39, 0.29) is 28.0 Å². The molecule has 190 valence electrons. The van der Waals surface area contributed by atoms with Gasteiger partial charge in [-0.1, -0.05) is 38.1 Å². The molecule has 1 saturated carbocycles. The molecule has 12 heteroatoms. The number of aromatic nitrogens is 4. The number of pyridine rings is 2. The van der Waals surface area contributed by atoms with Crippen molar-refractivity contribution >= 4 is 15.5 Å². The summed E-state index contributed by atoms with van der Waals surface area (Å²) in [5, 5.41) is 13.6. The van der Waals surface area contributed by atoms with Gasteiger partial charge in [-0.3, -0.25) is 0 Å². The molecule has 0 N–H and O–H groups in total. The summed E-state index contributed by atoms with van der Waals surface area (Å²) in [5.41, 5.74) is -0.658. The Morgan fingerprint density at radius 3 is 2.41 bits per heavy atom. The van der Waals surface area contributed by atoms with Gasteiger partial charge in [0, 0.05) is 18.0 Å². The molecular weight excluding hydrogens is 507 g/mol. The van der Waals surface area contributed by atoms with Crippen molar-refractivity contribution in [1.82, 2.24) is 19.2 Å². The Bertz CT molecular complexity index is 1750. The third kappa shape index (κ3) is 3.99. The van der Waals surface area contributed by atoms with Gasteiger partial charge in [0.05, 0.1) is 22.8 Å². The molecule has 2 atom stereocenters. The monoisotopic (exact) mass is 527 g/mol. The Labute approximate surface area is 209 Å². The largest absolute Gasteiger partial charge is 0.417 e. The molecule has 3 heterocycles. The standard InChI is InChI=1S/C25H20F3N5O3S/c1-3-37(35,36)20-10-17(16-4-6-18(7-5-16)24(14-29)11-15(24)2)12-30-22(20)33-23(34)32-13-19(25(26,27)28)8-9-21(32)31-33/h4-10,12-13,15H,3,11H2,1-2H3. The van der Waals surface area contributed by atoms with Gasteiger partial charge in [-0.25, -0.2) is 22.6 Å². The van der Waals surface area contributed by atoms with Crippen LogP contribution in [0.1, 0.15) is 31.4 Å². The minimum Gasteiger partial charge on any atom is -0.249 e. The number of halogens is 3. The van der Waals surface area contributed by atoms with Crippen LogP contribution in [0.3, 0.4) is 0 Å². The van der Waals surface area contributed by atoms with Crippen molar-refractivity contribution in [2.75, 3.05) is 5.75 Å². The fraction of sp³-hybridized carbons (Fsp3) is 0.280. The van der Waals surface area contributed by atoms with E-state index in [4.69, 9.17) is 0 Å². The second-order valence-electron chi connectivity index (χ2n) is 9.05. The number of benzene rings is 1. The number of nitrogens with zero attached hydrogens (tertiary/aromatic N) is 5. The van der Waals surface area contributed by atoms with Gasteiger partial charge in [-0.05, 0) is 41.7 Å². The molecule has 1 fully saturated rings. The highest BCUT2D eigenvalue weighted by Crippen LogP contribution is 2.53. The third-order valence-corrected chi connectivity index (χ3v) is 8.57. The Kier molecular flexibility index (Phi) is 5.52. The molecule has 3 aromatic heterocycles. The molecule has 1 aliphatic carbocycles. The van der Waals surface area contributed by atoms with Gasteiger partial charge in [-0.15, -0.1) is 5.10 Å². The number of hydrogen-bond acceptors (Lipinski definition) is 6. The lowest BCUT2D eigenvalue weighted by atomic mass is 9.93. The number of rotatable bonds is 5. The van der Waals surface area contributed by atoms with E-state index in [0.29, 0.717) is 26.4 Å². The van der Waals surface area contributed by atoms with Crippen LogP contribution in [-0.2, 0) is 21.4 Å². The molecule has 2 unspecified atom stereocenters. The summed E-state index contributed by atoms with van der Waals surface area (Å²) in [4.78, 5) is 16.9. The summed E-state index contributed by atoms with van der Waals surface area (Å²) >= 11 is 0. The average molecular weight is 528 g/mol. The molecule has 0 amide bonds. The SMILES string of the molecule is CCS(=O)(=O)c1cc(-c2ccc(C3(C#N)CC3C)cc2)cnc1-n1nc2ccc(C(F)(F)F)cn2c1=O. The minimum absolute atomic E-state index is 0.0972. The fourth-order valence-corrected chi connectivity index (χ4v) is 5.46. The molecule has 4 aromatic rings. The maximum atomic E-state index is 13.1. The van der Waals surface area contributed by atoms with Crippen LogP contribution >= 0.6 is 0 Å². The third-order valence-electron chi connectivity index (χ3n) is 6.83. The first kappa shape index (κ1) is 24.7. The highest BCUT2D eigenvalue weighted by molar-refractivity contribution is 7.91. The van der Waals surface area contributed by atoms with Crippen molar-refractivity contribution < 1.29 is 21.6 Å². The first-order chi connectivity index (χ1) is 17.4. The average Bonchev–Trinajstić information content (AvgIpc) is 3.45. The lowest BCUT2D eigenvalue weighted by molar-refractivity contribution is -0.137. The smallest absolute Gasteiger partial charge is 0.249 e. The molecule has 0 spiro atoms. The normalized spacial score (nSPS) is 19.6. The van der Waals surface area contributed by atoms with Gasteiger partial charge in [0.15, 0.2) is 21.3 Å². The van der Waals surface area contributed by atoms with Crippen LogP contribution in [0.5, 0.6) is 0 Å². The summed E-state index contributed by atoms with van der Waals surface area (Å²) in [6.07, 6.45) is -1.92. The summed E-state index contributed by atoms with van der Waals surface area (Å²) < 4.78 is 66.8. The number of sulfone groups is 1. The Morgan fingerprint density at radius 1 is 1.16 bits per heavy atom. The number of nitriles is 1. The Morgan fingerprint density at radius 2 is 1.84 bits per heavy atom. The molecule has 1 aliphatic rings. The van der Waals surface area contributed by atoms with Crippen LogP contribution in [-0.4, -0.2) is 33.3 Å². The van der Waals surface area contributed by atoms with Crippen LogP contribution in [0.25, 0.3) is 22.6 Å². The van der Waals surface area contributed by atoms with Gasteiger partial charge < -0.3 is 0 Å². The molecule has 8 nitrogen and oxygen atoms in total. The van der Waals surface area contributed by atoms with E-state index in [1.807, 2.05) is 19.1 Å². The van der Waals surface area contributed by atoms with Crippen LogP contribution < -0.4 is 5.69 Å². The molecule has 37 heavy (non-hydrogen) atoms. The lowest BCUT2D eigenvalue weighted by Crippen LogP contribution is -2.23. The highest BCUT2D eigenvalue weighted by Gasteiger charge is 2.53. The predicted octanol–water partition coefficient (Wildman–Crippen LogP) is 4.16. The zero-order valence-electron chi connectivity index (χ0n) is 19.7. The van der Waals surface area contributed by atoms with Gasteiger partial charge in [0.1, 0.15) is 4.90 Å². The van der Waals surface area contributed by atoms with E-state index in [0.717, 1.165) is 24.1 Å². The number of alkyl halides is 3. The quantitative estimate of drug-likeness (QED) is 0.386. The van der Waals surface area contributed by atoms with Crippen molar-refractivity contribution in [1.29, 1.82) is 5.26 Å². The second kappa shape index (κ2) is 8.27. The Balaban J connectivity index is 1.63. The van der Waals surface area contributed by atoms with Crippen LogP contribution in [0.4, 0.5) is 13.2 Å².